The van der Waals surface area contributed by atoms with Crippen molar-refractivity contribution in [3.05, 3.63) is 35.9 Å². The van der Waals surface area contributed by atoms with Crippen LogP contribution in [-0.2, 0) is 16.0 Å². The zero-order chi connectivity index (χ0) is 25.1. The van der Waals surface area contributed by atoms with E-state index < -0.39 is 6.10 Å². The molecule has 1 aromatic carbocycles. The summed E-state index contributed by atoms with van der Waals surface area (Å²) in [5.41, 5.74) is 1.08. The summed E-state index contributed by atoms with van der Waals surface area (Å²) in [4.78, 5) is 24.2. The van der Waals surface area contributed by atoms with Crippen LogP contribution < -0.4 is 10.6 Å². The number of aliphatic hydroxyl groups is 1. The minimum atomic E-state index is -0.553. The van der Waals surface area contributed by atoms with Crippen LogP contribution in [0.4, 0.5) is 0 Å². The molecule has 2 fully saturated rings. The molecule has 1 heterocycles. The van der Waals surface area contributed by atoms with E-state index in [4.69, 9.17) is 0 Å². The second-order valence-electron chi connectivity index (χ2n) is 11.1. The van der Waals surface area contributed by atoms with E-state index in [9.17, 15) is 14.7 Å². The molecule has 5 atom stereocenters. The Morgan fingerprint density at radius 2 is 1.82 bits per heavy atom. The Morgan fingerprint density at radius 3 is 2.38 bits per heavy atom. The largest absolute Gasteiger partial charge is 0.390 e. The Morgan fingerprint density at radius 1 is 1.18 bits per heavy atom. The summed E-state index contributed by atoms with van der Waals surface area (Å²) < 4.78 is 0. The number of carbonyl (C=O) groups excluding carboxylic acids is 2. The zero-order valence-electron chi connectivity index (χ0n) is 21.9. The lowest BCUT2D eigenvalue weighted by molar-refractivity contribution is -0.122. The van der Waals surface area contributed by atoms with Crippen molar-refractivity contribution in [2.24, 2.45) is 11.8 Å². The monoisotopic (exact) mass is 473 g/mol. The Hall–Kier alpha value is -1.92. The SMILES string of the molecule is CC(C)(C)NC=O.CCC(=O)NC(Cc1ccccc1)C(O)CN1CC2CCCCC2C[C@H]1C. The molecule has 3 rings (SSSR count). The molecule has 34 heavy (non-hydrogen) atoms. The molecule has 192 valence electrons. The molecular formula is C28H47N3O3. The first-order chi connectivity index (χ1) is 16.1. The van der Waals surface area contributed by atoms with Crippen molar-refractivity contribution in [2.45, 2.75) is 103 Å². The molecule has 3 N–H and O–H groups in total. The van der Waals surface area contributed by atoms with Gasteiger partial charge in [-0.1, -0.05) is 56.5 Å². The van der Waals surface area contributed by atoms with Gasteiger partial charge in [-0.2, -0.15) is 0 Å². The highest BCUT2D eigenvalue weighted by atomic mass is 16.3. The molecule has 6 heteroatoms. The van der Waals surface area contributed by atoms with Gasteiger partial charge in [0.05, 0.1) is 12.1 Å². The average Bonchev–Trinajstić information content (AvgIpc) is 2.79. The maximum atomic E-state index is 12.0. The number of likely N-dealkylation sites (tertiary alicyclic amines) is 1. The van der Waals surface area contributed by atoms with E-state index in [0.29, 0.717) is 31.8 Å². The highest BCUT2D eigenvalue weighted by Crippen LogP contribution is 2.38. The lowest BCUT2D eigenvalue weighted by Gasteiger charge is -2.46. The molecule has 1 saturated heterocycles. The lowest BCUT2D eigenvalue weighted by atomic mass is 9.73. The fraction of sp³-hybridized carbons (Fsp3) is 0.714. The normalized spacial score (nSPS) is 24.6. The molecule has 1 aliphatic heterocycles. The smallest absolute Gasteiger partial charge is 0.220 e. The fourth-order valence-corrected chi connectivity index (χ4v) is 5.16. The number of aliphatic hydroxyl groups excluding tert-OH is 1. The Labute approximate surface area is 206 Å². The van der Waals surface area contributed by atoms with Gasteiger partial charge in [-0.15, -0.1) is 0 Å². The van der Waals surface area contributed by atoms with Gasteiger partial charge in [0.15, 0.2) is 0 Å². The van der Waals surface area contributed by atoms with Crippen LogP contribution in [0, 0.1) is 11.8 Å². The topological polar surface area (TPSA) is 81.7 Å². The predicted molar refractivity (Wildman–Crippen MR) is 138 cm³/mol. The van der Waals surface area contributed by atoms with Gasteiger partial charge in [0.25, 0.3) is 0 Å². The molecule has 0 spiro atoms. The van der Waals surface area contributed by atoms with Crippen LogP contribution >= 0.6 is 0 Å². The Balaban J connectivity index is 0.000000509. The number of nitrogens with zero attached hydrogens (tertiary/aromatic N) is 1. The molecule has 2 aliphatic rings. The first-order valence-corrected chi connectivity index (χ1v) is 13.1. The zero-order valence-corrected chi connectivity index (χ0v) is 21.9. The van der Waals surface area contributed by atoms with Crippen molar-refractivity contribution >= 4 is 12.3 Å². The highest BCUT2D eigenvalue weighted by molar-refractivity contribution is 5.75. The number of fused-ring (bicyclic) bond motifs is 1. The van der Waals surface area contributed by atoms with Crippen molar-refractivity contribution in [1.29, 1.82) is 0 Å². The summed E-state index contributed by atoms with van der Waals surface area (Å²) >= 11 is 0. The molecule has 1 saturated carbocycles. The second-order valence-corrected chi connectivity index (χ2v) is 11.1. The van der Waals surface area contributed by atoms with E-state index in [1.807, 2.05) is 45.9 Å². The van der Waals surface area contributed by atoms with Crippen molar-refractivity contribution in [2.75, 3.05) is 13.1 Å². The van der Waals surface area contributed by atoms with Crippen LogP contribution in [0.5, 0.6) is 0 Å². The number of piperidine rings is 1. The van der Waals surface area contributed by atoms with Gasteiger partial charge in [-0.25, -0.2) is 0 Å². The number of amides is 2. The van der Waals surface area contributed by atoms with E-state index in [0.717, 1.165) is 23.9 Å². The molecule has 2 amide bonds. The number of benzene rings is 1. The first-order valence-electron chi connectivity index (χ1n) is 13.1. The van der Waals surface area contributed by atoms with E-state index >= 15 is 0 Å². The molecule has 0 radical (unpaired) electrons. The quantitative estimate of drug-likeness (QED) is 0.500. The van der Waals surface area contributed by atoms with E-state index in [1.54, 1.807) is 0 Å². The summed E-state index contributed by atoms with van der Waals surface area (Å²) in [5.74, 6) is 1.68. The summed E-state index contributed by atoms with van der Waals surface area (Å²) in [7, 11) is 0. The van der Waals surface area contributed by atoms with E-state index in [1.165, 1.54) is 32.1 Å². The number of hydrogen-bond acceptors (Lipinski definition) is 4. The van der Waals surface area contributed by atoms with Crippen molar-refractivity contribution < 1.29 is 14.7 Å². The van der Waals surface area contributed by atoms with Gasteiger partial charge >= 0.3 is 0 Å². The molecule has 1 aliphatic carbocycles. The van der Waals surface area contributed by atoms with E-state index in [2.05, 4.69) is 34.6 Å². The second kappa shape index (κ2) is 13.8. The molecule has 0 aromatic heterocycles. The Bertz CT molecular complexity index is 734. The minimum Gasteiger partial charge on any atom is -0.390 e. The third kappa shape index (κ3) is 9.75. The average molecular weight is 474 g/mol. The predicted octanol–water partition coefficient (Wildman–Crippen LogP) is 3.92. The van der Waals surface area contributed by atoms with Gasteiger partial charge < -0.3 is 15.7 Å². The van der Waals surface area contributed by atoms with Crippen LogP contribution in [0.25, 0.3) is 0 Å². The van der Waals surface area contributed by atoms with Crippen molar-refractivity contribution in [1.82, 2.24) is 15.5 Å². The number of rotatable bonds is 8. The maximum absolute atomic E-state index is 12.0. The first kappa shape index (κ1) is 28.3. The number of carbonyl (C=O) groups is 2. The molecule has 1 aromatic rings. The van der Waals surface area contributed by atoms with Gasteiger partial charge in [-0.3, -0.25) is 14.5 Å². The summed E-state index contributed by atoms with van der Waals surface area (Å²) in [6, 6.07) is 10.4. The van der Waals surface area contributed by atoms with Gasteiger partial charge in [-0.05, 0) is 64.4 Å². The lowest BCUT2D eigenvalue weighted by Crippen LogP contribution is -2.54. The van der Waals surface area contributed by atoms with Gasteiger partial charge in [0.2, 0.25) is 12.3 Å². The van der Waals surface area contributed by atoms with Crippen LogP contribution in [0.15, 0.2) is 30.3 Å². The number of β-amino-alcohol motifs (C(OH)–C–C–N with tert-alkyl or cyclic N) is 1. The van der Waals surface area contributed by atoms with Crippen molar-refractivity contribution in [3.8, 4) is 0 Å². The van der Waals surface area contributed by atoms with Crippen molar-refractivity contribution in [3.63, 3.8) is 0 Å². The van der Waals surface area contributed by atoms with Crippen LogP contribution in [0.1, 0.15) is 78.7 Å². The van der Waals surface area contributed by atoms with Gasteiger partial charge in [0.1, 0.15) is 0 Å². The minimum absolute atomic E-state index is 0.00835. The third-order valence-corrected chi connectivity index (χ3v) is 7.15. The molecule has 6 nitrogen and oxygen atoms in total. The third-order valence-electron chi connectivity index (χ3n) is 7.15. The number of nitrogens with one attached hydrogen (secondary N) is 2. The summed E-state index contributed by atoms with van der Waals surface area (Å²) in [5, 5.41) is 16.7. The maximum Gasteiger partial charge on any atom is 0.220 e. The van der Waals surface area contributed by atoms with Crippen LogP contribution in [-0.4, -0.2) is 59.1 Å². The highest BCUT2D eigenvalue weighted by Gasteiger charge is 2.36. The van der Waals surface area contributed by atoms with Crippen LogP contribution in [0.2, 0.25) is 0 Å². The summed E-state index contributed by atoms with van der Waals surface area (Å²) in [6.45, 7) is 11.7. The Kier molecular flexibility index (Phi) is 11.5. The standard InChI is InChI=1S/C23H36N2O2.C5H11NO/c1-3-23(27)24-21(14-18-9-5-4-6-10-18)22(26)16-25-15-20-12-8-7-11-19(20)13-17(25)2;1-5(2,3)6-4-7/h4-6,9-10,17,19-22,26H,3,7-8,11-16H2,1-2H3,(H,24,27);4H,1-3H3,(H,6,7)/t17-,19?,20?,21?,22?;/m1./s1. The van der Waals surface area contributed by atoms with E-state index in [-0.39, 0.29) is 17.5 Å². The van der Waals surface area contributed by atoms with Gasteiger partial charge in [0, 0.05) is 31.1 Å². The molecule has 4 unspecified atom stereocenters. The van der Waals surface area contributed by atoms with Crippen LogP contribution in [0.3, 0.4) is 0 Å². The number of hydrogen-bond donors (Lipinski definition) is 3. The fourth-order valence-electron chi connectivity index (χ4n) is 5.16. The molecule has 0 bridgehead atoms. The summed E-state index contributed by atoms with van der Waals surface area (Å²) in [6.07, 6.45) is 7.99. The molecular weight excluding hydrogens is 426 g/mol.